The highest BCUT2D eigenvalue weighted by molar-refractivity contribution is 7.00. The number of hydrogen-bond donors (Lipinski definition) is 2. The zero-order valence-corrected chi connectivity index (χ0v) is 8.70. The van der Waals surface area contributed by atoms with Gasteiger partial charge in [0.25, 0.3) is 0 Å². The molecule has 0 aliphatic rings. The average Bonchev–Trinajstić information content (AvgIpc) is 2.63. The van der Waals surface area contributed by atoms with Crippen LogP contribution in [0.4, 0.5) is 0 Å². The quantitative estimate of drug-likeness (QED) is 0.793. The fourth-order valence-electron chi connectivity index (χ4n) is 1.45. The number of aromatic nitrogens is 2. The van der Waals surface area contributed by atoms with Gasteiger partial charge in [-0.3, -0.25) is 4.79 Å². The molecule has 0 bridgehead atoms. The number of fused-ring (bicyclic) bond motifs is 1. The highest BCUT2D eigenvalue weighted by atomic mass is 32.1. The molecule has 0 fully saturated rings. The van der Waals surface area contributed by atoms with Gasteiger partial charge in [-0.15, -0.1) is 0 Å². The van der Waals surface area contributed by atoms with Crippen LogP contribution in [-0.2, 0) is 4.79 Å². The molecule has 0 spiro atoms. The molecule has 2 aromatic rings. The number of amides is 1. The first-order valence-electron chi connectivity index (χ1n) is 4.43. The van der Waals surface area contributed by atoms with Gasteiger partial charge in [-0.1, -0.05) is 12.1 Å². The van der Waals surface area contributed by atoms with E-state index >= 15 is 0 Å². The van der Waals surface area contributed by atoms with E-state index in [-0.39, 0.29) is 6.42 Å². The summed E-state index contributed by atoms with van der Waals surface area (Å²) in [5.41, 5.74) is 13.3. The molecule has 5 nitrogen and oxygen atoms in total. The standard InChI is InChI=1S/C9H10N4OS/c10-6(4-8(11)14)5-2-1-3-7-9(5)13-15-12-7/h1-3,6H,4,10H2,(H2,11,14). The molecule has 1 heterocycles. The van der Waals surface area contributed by atoms with Crippen molar-refractivity contribution < 1.29 is 4.79 Å². The van der Waals surface area contributed by atoms with Crippen molar-refractivity contribution in [2.24, 2.45) is 11.5 Å². The molecule has 0 saturated carbocycles. The fourth-order valence-corrected chi connectivity index (χ4v) is 2.01. The first-order valence-corrected chi connectivity index (χ1v) is 5.16. The largest absolute Gasteiger partial charge is 0.370 e. The summed E-state index contributed by atoms with van der Waals surface area (Å²) >= 11 is 1.13. The Hall–Kier alpha value is -1.53. The van der Waals surface area contributed by atoms with Crippen molar-refractivity contribution in [2.75, 3.05) is 0 Å². The summed E-state index contributed by atoms with van der Waals surface area (Å²) in [7, 11) is 0. The third-order valence-corrected chi connectivity index (χ3v) is 2.68. The van der Waals surface area contributed by atoms with E-state index in [1.54, 1.807) is 0 Å². The minimum absolute atomic E-state index is 0.122. The van der Waals surface area contributed by atoms with E-state index in [1.165, 1.54) is 0 Å². The van der Waals surface area contributed by atoms with Gasteiger partial charge >= 0.3 is 0 Å². The monoisotopic (exact) mass is 222 g/mol. The molecule has 1 aromatic carbocycles. The second-order valence-corrected chi connectivity index (χ2v) is 3.78. The van der Waals surface area contributed by atoms with Crippen LogP contribution < -0.4 is 11.5 Å². The van der Waals surface area contributed by atoms with Crippen molar-refractivity contribution >= 4 is 28.7 Å². The van der Waals surface area contributed by atoms with Crippen molar-refractivity contribution in [2.45, 2.75) is 12.5 Å². The third-order valence-electron chi connectivity index (χ3n) is 2.14. The molecule has 0 radical (unpaired) electrons. The van der Waals surface area contributed by atoms with Gasteiger partial charge in [-0.25, -0.2) is 0 Å². The predicted molar refractivity (Wildman–Crippen MR) is 58.2 cm³/mol. The van der Waals surface area contributed by atoms with Gasteiger partial charge in [-0.2, -0.15) is 8.75 Å². The Bertz CT molecular complexity index is 496. The molecule has 1 atom stereocenters. The summed E-state index contributed by atoms with van der Waals surface area (Å²) in [5.74, 6) is -0.414. The molecule has 2 rings (SSSR count). The summed E-state index contributed by atoms with van der Waals surface area (Å²) < 4.78 is 8.25. The lowest BCUT2D eigenvalue weighted by molar-refractivity contribution is -0.118. The van der Waals surface area contributed by atoms with Gasteiger partial charge in [-0.05, 0) is 11.6 Å². The maximum Gasteiger partial charge on any atom is 0.219 e. The van der Waals surface area contributed by atoms with E-state index in [9.17, 15) is 4.79 Å². The molecule has 1 amide bonds. The Morgan fingerprint density at radius 1 is 1.47 bits per heavy atom. The van der Waals surface area contributed by atoms with E-state index < -0.39 is 11.9 Å². The minimum atomic E-state index is -0.414. The molecule has 0 aliphatic heterocycles. The molecule has 0 saturated heterocycles. The number of carbonyl (C=O) groups excluding carboxylic acids is 1. The van der Waals surface area contributed by atoms with E-state index in [0.717, 1.165) is 28.3 Å². The maximum absolute atomic E-state index is 10.8. The predicted octanol–water partition coefficient (Wildman–Crippen LogP) is 0.566. The first-order chi connectivity index (χ1) is 7.18. The van der Waals surface area contributed by atoms with Crippen LogP contribution in [0.5, 0.6) is 0 Å². The summed E-state index contributed by atoms with van der Waals surface area (Å²) in [6, 6.07) is 5.14. The Morgan fingerprint density at radius 3 is 3.00 bits per heavy atom. The molecule has 4 N–H and O–H groups in total. The van der Waals surface area contributed by atoms with Crippen LogP contribution in [0.15, 0.2) is 18.2 Å². The summed E-state index contributed by atoms with van der Waals surface area (Å²) in [5, 5.41) is 0. The molecule has 6 heteroatoms. The minimum Gasteiger partial charge on any atom is -0.370 e. The number of primary amides is 1. The molecular weight excluding hydrogens is 212 g/mol. The summed E-state index contributed by atoms with van der Waals surface area (Å²) in [4.78, 5) is 10.8. The molecular formula is C9H10N4OS. The molecule has 1 aromatic heterocycles. The number of carbonyl (C=O) groups is 1. The van der Waals surface area contributed by atoms with Crippen LogP contribution in [0.2, 0.25) is 0 Å². The molecule has 1 unspecified atom stereocenters. The Kier molecular flexibility index (Phi) is 2.61. The lowest BCUT2D eigenvalue weighted by atomic mass is 10.0. The normalized spacial score (nSPS) is 12.9. The lowest BCUT2D eigenvalue weighted by Crippen LogP contribution is -2.20. The van der Waals surface area contributed by atoms with Gasteiger partial charge in [0.05, 0.1) is 11.7 Å². The zero-order valence-electron chi connectivity index (χ0n) is 7.88. The van der Waals surface area contributed by atoms with Crippen molar-refractivity contribution in [3.63, 3.8) is 0 Å². The van der Waals surface area contributed by atoms with Crippen LogP contribution >= 0.6 is 11.7 Å². The summed E-state index contributed by atoms with van der Waals surface area (Å²) in [6.45, 7) is 0. The van der Waals surface area contributed by atoms with E-state index in [1.807, 2.05) is 18.2 Å². The number of nitrogens with two attached hydrogens (primary N) is 2. The highest BCUT2D eigenvalue weighted by Gasteiger charge is 2.14. The van der Waals surface area contributed by atoms with Crippen LogP contribution in [0.3, 0.4) is 0 Å². The second kappa shape index (κ2) is 3.92. The average molecular weight is 222 g/mol. The first kappa shape index (κ1) is 10.0. The number of benzene rings is 1. The van der Waals surface area contributed by atoms with Crippen molar-refractivity contribution in [3.8, 4) is 0 Å². The van der Waals surface area contributed by atoms with E-state index in [2.05, 4.69) is 8.75 Å². The summed E-state index contributed by atoms with van der Waals surface area (Å²) in [6.07, 6.45) is 0.122. The Labute approximate surface area is 90.4 Å². The molecule has 0 aliphatic carbocycles. The number of hydrogen-bond acceptors (Lipinski definition) is 5. The molecule has 78 valence electrons. The van der Waals surface area contributed by atoms with Crippen LogP contribution in [0, 0.1) is 0 Å². The van der Waals surface area contributed by atoms with E-state index in [4.69, 9.17) is 11.5 Å². The second-order valence-electron chi connectivity index (χ2n) is 3.26. The number of nitrogens with zero attached hydrogens (tertiary/aromatic N) is 2. The van der Waals surface area contributed by atoms with Gasteiger partial charge in [0.15, 0.2) is 0 Å². The van der Waals surface area contributed by atoms with Crippen molar-refractivity contribution in [1.82, 2.24) is 8.75 Å². The zero-order chi connectivity index (χ0) is 10.8. The van der Waals surface area contributed by atoms with Crippen molar-refractivity contribution in [1.29, 1.82) is 0 Å². The highest BCUT2D eigenvalue weighted by Crippen LogP contribution is 2.22. The fraction of sp³-hybridized carbons (Fsp3) is 0.222. The van der Waals surface area contributed by atoms with Crippen LogP contribution in [0.25, 0.3) is 11.0 Å². The van der Waals surface area contributed by atoms with Gasteiger partial charge in [0.2, 0.25) is 5.91 Å². The van der Waals surface area contributed by atoms with Gasteiger partial charge in [0.1, 0.15) is 11.0 Å². The lowest BCUT2D eigenvalue weighted by Gasteiger charge is -2.09. The van der Waals surface area contributed by atoms with Crippen molar-refractivity contribution in [3.05, 3.63) is 23.8 Å². The SMILES string of the molecule is NC(=O)CC(N)c1cccc2nsnc12. The van der Waals surface area contributed by atoms with Gasteiger partial charge in [0, 0.05) is 12.5 Å². The van der Waals surface area contributed by atoms with Crippen LogP contribution in [-0.4, -0.2) is 14.7 Å². The van der Waals surface area contributed by atoms with Crippen LogP contribution in [0.1, 0.15) is 18.0 Å². The maximum atomic E-state index is 10.8. The smallest absolute Gasteiger partial charge is 0.219 e. The molecule has 15 heavy (non-hydrogen) atoms. The Morgan fingerprint density at radius 2 is 2.27 bits per heavy atom. The van der Waals surface area contributed by atoms with Gasteiger partial charge < -0.3 is 11.5 Å². The Balaban J connectivity index is 2.42. The third kappa shape index (κ3) is 1.95. The topological polar surface area (TPSA) is 94.9 Å². The number of rotatable bonds is 3. The van der Waals surface area contributed by atoms with E-state index in [0.29, 0.717) is 0 Å².